The van der Waals surface area contributed by atoms with Crippen LogP contribution in [0.5, 0.6) is 0 Å². The molecule has 0 radical (unpaired) electrons. The Morgan fingerprint density at radius 3 is 2.45 bits per heavy atom. The van der Waals surface area contributed by atoms with Crippen molar-refractivity contribution in [2.24, 2.45) is 4.99 Å². The quantitative estimate of drug-likeness (QED) is 0.283. The molecule has 0 spiro atoms. The summed E-state index contributed by atoms with van der Waals surface area (Å²) in [5.41, 5.74) is 1.07. The number of nitrogens with zero attached hydrogens (tertiary/aromatic N) is 4. The number of likely N-dealkylation sites (N-methyl/N-ethyl adjacent to an activating group) is 2. The van der Waals surface area contributed by atoms with Crippen LogP contribution in [0.3, 0.4) is 0 Å². The van der Waals surface area contributed by atoms with Gasteiger partial charge in [0.1, 0.15) is 0 Å². The van der Waals surface area contributed by atoms with Crippen molar-refractivity contribution in [2.75, 3.05) is 66.1 Å². The molecule has 1 aliphatic rings. The van der Waals surface area contributed by atoms with E-state index in [1.54, 1.807) is 0 Å². The van der Waals surface area contributed by atoms with E-state index in [4.69, 9.17) is 21.3 Å². The standard InChI is InChI=1S/C22H36ClN5O2.HI/c1-5-24-22(26(4)17-21(29)27(6-2)7-3)25-16-20(28-12-14-30-15-13-28)18-10-8-9-11-19(18)23;/h8-11,20H,5-7,12-17H2,1-4H3,(H,24,25);1H. The number of halogens is 2. The van der Waals surface area contributed by atoms with E-state index < -0.39 is 0 Å². The average molecular weight is 566 g/mol. The van der Waals surface area contributed by atoms with Crippen molar-refractivity contribution < 1.29 is 9.53 Å². The van der Waals surface area contributed by atoms with Crippen molar-refractivity contribution in [3.63, 3.8) is 0 Å². The molecule has 176 valence electrons. The maximum atomic E-state index is 12.5. The summed E-state index contributed by atoms with van der Waals surface area (Å²) in [7, 11) is 1.90. The summed E-state index contributed by atoms with van der Waals surface area (Å²) in [6, 6.07) is 8.01. The van der Waals surface area contributed by atoms with Gasteiger partial charge < -0.3 is 19.9 Å². The number of carbonyl (C=O) groups is 1. The first kappa shape index (κ1) is 27.9. The number of hydrogen-bond acceptors (Lipinski definition) is 4. The lowest BCUT2D eigenvalue weighted by Gasteiger charge is -2.34. The van der Waals surface area contributed by atoms with Crippen molar-refractivity contribution in [1.29, 1.82) is 0 Å². The molecule has 2 rings (SSSR count). The fraction of sp³-hybridized carbons (Fsp3) is 0.636. The number of carbonyl (C=O) groups excluding carboxylic acids is 1. The van der Waals surface area contributed by atoms with Crippen molar-refractivity contribution in [3.8, 4) is 0 Å². The molecule has 1 amide bonds. The number of aliphatic imine (C=N–C) groups is 1. The topological polar surface area (TPSA) is 60.4 Å². The summed E-state index contributed by atoms with van der Waals surface area (Å²) in [5, 5.41) is 4.07. The van der Waals surface area contributed by atoms with E-state index >= 15 is 0 Å². The van der Waals surface area contributed by atoms with Crippen LogP contribution in [0.15, 0.2) is 29.3 Å². The molecule has 1 aromatic carbocycles. The van der Waals surface area contributed by atoms with Gasteiger partial charge in [-0.1, -0.05) is 29.8 Å². The lowest BCUT2D eigenvalue weighted by atomic mass is 10.0. The van der Waals surface area contributed by atoms with Crippen LogP contribution in [0.4, 0.5) is 0 Å². The highest BCUT2D eigenvalue weighted by molar-refractivity contribution is 14.0. The number of rotatable bonds is 9. The van der Waals surface area contributed by atoms with Crippen molar-refractivity contribution in [3.05, 3.63) is 34.9 Å². The molecule has 1 aromatic rings. The Labute approximate surface area is 209 Å². The van der Waals surface area contributed by atoms with Gasteiger partial charge in [0, 0.05) is 44.8 Å². The maximum absolute atomic E-state index is 12.5. The fourth-order valence-electron chi connectivity index (χ4n) is 3.64. The van der Waals surface area contributed by atoms with Gasteiger partial charge in [0.05, 0.1) is 32.3 Å². The Morgan fingerprint density at radius 2 is 1.87 bits per heavy atom. The van der Waals surface area contributed by atoms with Gasteiger partial charge in [-0.05, 0) is 32.4 Å². The van der Waals surface area contributed by atoms with Crippen LogP contribution in [-0.4, -0.2) is 92.6 Å². The Morgan fingerprint density at radius 1 is 1.23 bits per heavy atom. The zero-order valence-electron chi connectivity index (χ0n) is 19.1. The van der Waals surface area contributed by atoms with Gasteiger partial charge in [-0.3, -0.25) is 14.7 Å². The summed E-state index contributed by atoms with van der Waals surface area (Å²) >= 11 is 6.53. The minimum Gasteiger partial charge on any atom is -0.379 e. The number of morpholine rings is 1. The van der Waals surface area contributed by atoms with E-state index in [0.717, 1.165) is 36.2 Å². The third-order valence-corrected chi connectivity index (χ3v) is 5.69. The largest absolute Gasteiger partial charge is 0.379 e. The van der Waals surface area contributed by atoms with Gasteiger partial charge in [-0.2, -0.15) is 0 Å². The second-order valence-electron chi connectivity index (χ2n) is 7.30. The van der Waals surface area contributed by atoms with Crippen LogP contribution in [-0.2, 0) is 9.53 Å². The molecular formula is C22H37ClIN5O2. The van der Waals surface area contributed by atoms with Gasteiger partial charge in [-0.25, -0.2) is 0 Å². The maximum Gasteiger partial charge on any atom is 0.242 e. The molecule has 7 nitrogen and oxygen atoms in total. The molecular weight excluding hydrogens is 529 g/mol. The Bertz CT molecular complexity index is 696. The molecule has 1 atom stereocenters. The second kappa shape index (κ2) is 14.9. The lowest BCUT2D eigenvalue weighted by Crippen LogP contribution is -2.46. The van der Waals surface area contributed by atoms with Crippen molar-refractivity contribution in [1.82, 2.24) is 20.0 Å². The van der Waals surface area contributed by atoms with E-state index in [-0.39, 0.29) is 35.9 Å². The molecule has 1 saturated heterocycles. The van der Waals surface area contributed by atoms with Crippen LogP contribution in [0.2, 0.25) is 5.02 Å². The minimum absolute atomic E-state index is 0. The first-order chi connectivity index (χ1) is 14.5. The molecule has 0 bridgehead atoms. The molecule has 0 aromatic heterocycles. The Kier molecular flexibility index (Phi) is 13.4. The molecule has 1 N–H and O–H groups in total. The van der Waals surface area contributed by atoms with E-state index in [2.05, 4.69) is 16.3 Å². The minimum atomic E-state index is 0. The first-order valence-electron chi connectivity index (χ1n) is 10.8. The summed E-state index contributed by atoms with van der Waals surface area (Å²) < 4.78 is 5.53. The van der Waals surface area contributed by atoms with Crippen LogP contribution in [0.25, 0.3) is 0 Å². The zero-order chi connectivity index (χ0) is 21.9. The predicted octanol–water partition coefficient (Wildman–Crippen LogP) is 3.10. The highest BCUT2D eigenvalue weighted by Crippen LogP contribution is 2.28. The predicted molar refractivity (Wildman–Crippen MR) is 139 cm³/mol. The number of guanidine groups is 1. The van der Waals surface area contributed by atoms with Crippen LogP contribution in [0.1, 0.15) is 32.4 Å². The van der Waals surface area contributed by atoms with Gasteiger partial charge in [0.15, 0.2) is 5.96 Å². The molecule has 9 heteroatoms. The first-order valence-corrected chi connectivity index (χ1v) is 11.2. The summed E-state index contributed by atoms with van der Waals surface area (Å²) in [6.45, 7) is 12.1. The Balaban J connectivity index is 0.00000480. The summed E-state index contributed by atoms with van der Waals surface area (Å²) in [4.78, 5) is 23.5. The molecule has 0 saturated carbocycles. The van der Waals surface area contributed by atoms with Crippen molar-refractivity contribution in [2.45, 2.75) is 26.8 Å². The van der Waals surface area contributed by atoms with Gasteiger partial charge >= 0.3 is 0 Å². The van der Waals surface area contributed by atoms with Crippen LogP contribution >= 0.6 is 35.6 Å². The highest BCUT2D eigenvalue weighted by Gasteiger charge is 2.25. The van der Waals surface area contributed by atoms with Gasteiger partial charge in [0.25, 0.3) is 0 Å². The number of amides is 1. The second-order valence-corrected chi connectivity index (χ2v) is 7.71. The lowest BCUT2D eigenvalue weighted by molar-refractivity contribution is -0.131. The van der Waals surface area contributed by atoms with Crippen LogP contribution < -0.4 is 5.32 Å². The number of ether oxygens (including phenoxy) is 1. The van der Waals surface area contributed by atoms with E-state index in [1.165, 1.54) is 0 Å². The molecule has 1 heterocycles. The summed E-state index contributed by atoms with van der Waals surface area (Å²) in [5.74, 6) is 0.826. The van der Waals surface area contributed by atoms with E-state index in [1.807, 2.05) is 55.8 Å². The van der Waals surface area contributed by atoms with Gasteiger partial charge in [-0.15, -0.1) is 24.0 Å². The molecule has 1 fully saturated rings. The van der Waals surface area contributed by atoms with Crippen LogP contribution in [0, 0.1) is 0 Å². The van der Waals surface area contributed by atoms with Gasteiger partial charge in [0.2, 0.25) is 5.91 Å². The van der Waals surface area contributed by atoms with Crippen molar-refractivity contribution >= 4 is 47.4 Å². The van der Waals surface area contributed by atoms with E-state index in [9.17, 15) is 4.79 Å². The third kappa shape index (κ3) is 8.40. The Hall–Kier alpha value is -1.10. The molecule has 31 heavy (non-hydrogen) atoms. The monoisotopic (exact) mass is 565 g/mol. The SMILES string of the molecule is CCNC(=NCC(c1ccccc1Cl)N1CCOCC1)N(C)CC(=O)N(CC)CC.I. The van der Waals surface area contributed by atoms with E-state index in [0.29, 0.717) is 39.4 Å². The summed E-state index contributed by atoms with van der Waals surface area (Å²) in [6.07, 6.45) is 0. The molecule has 1 aliphatic heterocycles. The number of nitrogens with one attached hydrogen (secondary N) is 1. The number of hydrogen-bond donors (Lipinski definition) is 1. The molecule has 1 unspecified atom stereocenters. The molecule has 0 aliphatic carbocycles. The third-order valence-electron chi connectivity index (χ3n) is 5.35. The number of benzene rings is 1. The highest BCUT2D eigenvalue weighted by atomic mass is 127. The zero-order valence-corrected chi connectivity index (χ0v) is 22.2. The fourth-order valence-corrected chi connectivity index (χ4v) is 3.90. The smallest absolute Gasteiger partial charge is 0.242 e. The average Bonchev–Trinajstić information content (AvgIpc) is 2.75. The normalized spacial score (nSPS) is 15.7.